The Bertz CT molecular complexity index is 1580. The summed E-state index contributed by atoms with van der Waals surface area (Å²) < 4.78 is 44.2. The van der Waals surface area contributed by atoms with Crippen molar-refractivity contribution in [2.75, 3.05) is 13.1 Å². The van der Waals surface area contributed by atoms with E-state index in [-0.39, 0.29) is 32.0 Å². The van der Waals surface area contributed by atoms with Gasteiger partial charge in [-0.2, -0.15) is 13.2 Å². The van der Waals surface area contributed by atoms with Gasteiger partial charge in [0.2, 0.25) is 17.7 Å². The van der Waals surface area contributed by atoms with Crippen LogP contribution in [0.25, 0.3) is 0 Å². The number of amides is 4. The molecule has 0 bridgehead atoms. The predicted octanol–water partition coefficient (Wildman–Crippen LogP) is 2.45. The second-order valence-corrected chi connectivity index (χ2v) is 12.1. The summed E-state index contributed by atoms with van der Waals surface area (Å²) in [5.74, 6) is -2.42. The number of guanidine groups is 1. The van der Waals surface area contributed by atoms with Crippen molar-refractivity contribution in [3.8, 4) is 5.75 Å². The highest BCUT2D eigenvalue weighted by molar-refractivity contribution is 7.12. The fourth-order valence-corrected chi connectivity index (χ4v) is 5.34. The Morgan fingerprint density at radius 1 is 0.820 bits per heavy atom. The minimum Gasteiger partial charge on any atom is -0.489 e. The Labute approximate surface area is 291 Å². The molecule has 3 rings (SSSR count). The Morgan fingerprint density at radius 2 is 1.46 bits per heavy atom. The molecule has 0 saturated carbocycles. The lowest BCUT2D eigenvalue weighted by Gasteiger charge is -2.25. The summed E-state index contributed by atoms with van der Waals surface area (Å²) in [4.78, 5) is 56.7. The predicted molar refractivity (Wildman–Crippen MR) is 183 cm³/mol. The SMILES string of the molecule is NCCCC[C@H](NC(=O)[C@H](CCCN=C(N)N)NC(=O)c1cccs1)C(=O)N[C@H](C(N)=O)c1ccc(OCc2ccc(C(F)(F)F)cc2)cc1. The molecular formula is C33H41F3N8O5S. The van der Waals surface area contributed by atoms with Crippen LogP contribution in [0.15, 0.2) is 71.0 Å². The van der Waals surface area contributed by atoms with Crippen molar-refractivity contribution in [1.82, 2.24) is 16.0 Å². The third kappa shape index (κ3) is 12.7. The molecule has 17 heteroatoms. The maximum absolute atomic E-state index is 13.5. The van der Waals surface area contributed by atoms with Crippen molar-refractivity contribution < 1.29 is 37.1 Å². The van der Waals surface area contributed by atoms with Crippen molar-refractivity contribution in [1.29, 1.82) is 0 Å². The molecule has 4 amide bonds. The fourth-order valence-electron chi connectivity index (χ4n) is 4.72. The first-order valence-electron chi connectivity index (χ1n) is 15.7. The van der Waals surface area contributed by atoms with E-state index in [9.17, 15) is 32.3 Å². The molecular weight excluding hydrogens is 677 g/mol. The monoisotopic (exact) mass is 718 g/mol. The van der Waals surface area contributed by atoms with E-state index in [0.29, 0.717) is 47.6 Å². The number of carbonyl (C=O) groups is 4. The second kappa shape index (κ2) is 19.1. The van der Waals surface area contributed by atoms with Gasteiger partial charge in [0.25, 0.3) is 5.91 Å². The quantitative estimate of drug-likeness (QED) is 0.0552. The number of nitrogens with zero attached hydrogens (tertiary/aromatic N) is 1. The zero-order valence-corrected chi connectivity index (χ0v) is 27.9. The van der Waals surface area contributed by atoms with Crippen LogP contribution in [0, 0.1) is 0 Å². The minimum atomic E-state index is -4.45. The first kappa shape index (κ1) is 39.3. The summed E-state index contributed by atoms with van der Waals surface area (Å²) in [5, 5.41) is 9.73. The Morgan fingerprint density at radius 3 is 2.04 bits per heavy atom. The number of nitrogens with one attached hydrogen (secondary N) is 3. The van der Waals surface area contributed by atoms with E-state index in [4.69, 9.17) is 27.7 Å². The Hall–Kier alpha value is -5.16. The summed E-state index contributed by atoms with van der Waals surface area (Å²) in [7, 11) is 0. The second-order valence-electron chi connectivity index (χ2n) is 11.2. The third-order valence-corrected chi connectivity index (χ3v) is 8.23. The van der Waals surface area contributed by atoms with Gasteiger partial charge < -0.3 is 43.6 Å². The van der Waals surface area contributed by atoms with E-state index in [0.717, 1.165) is 12.1 Å². The molecule has 0 fully saturated rings. The third-order valence-electron chi connectivity index (χ3n) is 7.36. The van der Waals surface area contributed by atoms with Gasteiger partial charge in [0.05, 0.1) is 10.4 Å². The number of benzene rings is 2. The van der Waals surface area contributed by atoms with E-state index >= 15 is 0 Å². The maximum atomic E-state index is 13.5. The zero-order valence-electron chi connectivity index (χ0n) is 27.1. The largest absolute Gasteiger partial charge is 0.489 e. The molecule has 270 valence electrons. The summed E-state index contributed by atoms with van der Waals surface area (Å²) in [6.45, 7) is 0.547. The number of rotatable bonds is 19. The average molecular weight is 719 g/mol. The number of nitrogens with two attached hydrogens (primary N) is 4. The van der Waals surface area contributed by atoms with E-state index in [1.807, 2.05) is 0 Å². The summed E-state index contributed by atoms with van der Waals surface area (Å²) >= 11 is 1.20. The van der Waals surface area contributed by atoms with Gasteiger partial charge >= 0.3 is 6.18 Å². The summed E-state index contributed by atoms with van der Waals surface area (Å²) in [6, 6.07) is 10.5. The topological polar surface area (TPSA) is 230 Å². The standard InChI is InChI=1S/C33H41F3N8O5S/c34-33(35,36)22-12-8-20(9-13-22)19-49-23-14-10-21(11-15-23)27(28(38)45)44-30(47)24(5-1-2-16-37)42-29(46)25(6-3-17-41-32(39)40)43-31(48)26-7-4-18-50-26/h4,7-15,18,24-25,27H,1-3,5-6,16-17,19,37H2,(H2,38,45)(H,42,46)(H,43,48)(H,44,47)(H4,39,40,41)/t24-,25-,27-/m0/s1. The highest BCUT2D eigenvalue weighted by Crippen LogP contribution is 2.29. The van der Waals surface area contributed by atoms with Gasteiger partial charge in [0.15, 0.2) is 5.96 Å². The van der Waals surface area contributed by atoms with Crippen molar-refractivity contribution in [2.45, 2.75) is 63.0 Å². The number of ether oxygens (including phenoxy) is 1. The van der Waals surface area contributed by atoms with Crippen LogP contribution in [0.4, 0.5) is 13.2 Å². The van der Waals surface area contributed by atoms with Gasteiger partial charge in [-0.25, -0.2) is 0 Å². The van der Waals surface area contributed by atoms with Crippen LogP contribution >= 0.6 is 11.3 Å². The normalized spacial score (nSPS) is 13.0. The Balaban J connectivity index is 1.70. The van der Waals surface area contributed by atoms with E-state index in [2.05, 4.69) is 20.9 Å². The number of hydrogen-bond acceptors (Lipinski definition) is 8. The van der Waals surface area contributed by atoms with Crippen molar-refractivity contribution in [2.24, 2.45) is 27.9 Å². The molecule has 0 unspecified atom stereocenters. The fraction of sp³-hybridized carbons (Fsp3) is 0.364. The molecule has 0 radical (unpaired) electrons. The molecule has 11 N–H and O–H groups in total. The summed E-state index contributed by atoms with van der Waals surface area (Å²) in [6.07, 6.45) is -2.73. The molecule has 1 aromatic heterocycles. The first-order chi connectivity index (χ1) is 23.8. The van der Waals surface area contributed by atoms with Gasteiger partial charge in [0.1, 0.15) is 30.5 Å². The first-order valence-corrected chi connectivity index (χ1v) is 16.5. The van der Waals surface area contributed by atoms with Gasteiger partial charge in [-0.15, -0.1) is 11.3 Å². The number of alkyl halides is 3. The van der Waals surface area contributed by atoms with Crippen LogP contribution < -0.4 is 43.6 Å². The van der Waals surface area contributed by atoms with Crippen LogP contribution in [0.1, 0.15) is 64.5 Å². The number of unbranched alkanes of at least 4 members (excludes halogenated alkanes) is 1. The smallest absolute Gasteiger partial charge is 0.416 e. The average Bonchev–Trinajstić information content (AvgIpc) is 3.62. The maximum Gasteiger partial charge on any atom is 0.416 e. The molecule has 0 aliphatic carbocycles. The zero-order chi connectivity index (χ0) is 36.7. The van der Waals surface area contributed by atoms with Crippen LogP contribution in [0.2, 0.25) is 0 Å². The van der Waals surface area contributed by atoms with Gasteiger partial charge in [-0.1, -0.05) is 30.3 Å². The number of halogens is 3. The number of aliphatic imine (C=N–C) groups is 1. The van der Waals surface area contributed by atoms with Gasteiger partial charge in [0, 0.05) is 6.54 Å². The summed E-state index contributed by atoms with van der Waals surface area (Å²) in [5.41, 5.74) is 22.1. The number of primary amides is 1. The highest BCUT2D eigenvalue weighted by atomic mass is 32.1. The number of thiophene rings is 1. The lowest BCUT2D eigenvalue weighted by Crippen LogP contribution is -2.54. The van der Waals surface area contributed by atoms with Gasteiger partial charge in [-0.05, 0) is 85.5 Å². The van der Waals surface area contributed by atoms with Crippen molar-refractivity contribution in [3.05, 3.63) is 87.6 Å². The van der Waals surface area contributed by atoms with E-state index in [1.165, 1.54) is 47.7 Å². The van der Waals surface area contributed by atoms with Crippen LogP contribution in [-0.2, 0) is 27.2 Å². The molecule has 2 aromatic carbocycles. The Kier molecular flexibility index (Phi) is 15.0. The molecule has 3 aromatic rings. The van der Waals surface area contributed by atoms with Crippen LogP contribution in [0.5, 0.6) is 5.75 Å². The van der Waals surface area contributed by atoms with Gasteiger partial charge in [-0.3, -0.25) is 24.2 Å². The molecule has 0 aliphatic heterocycles. The number of hydrogen-bond donors (Lipinski definition) is 7. The highest BCUT2D eigenvalue weighted by Gasteiger charge is 2.31. The molecule has 0 aliphatic rings. The molecule has 50 heavy (non-hydrogen) atoms. The van der Waals surface area contributed by atoms with Crippen molar-refractivity contribution >= 4 is 40.9 Å². The van der Waals surface area contributed by atoms with E-state index in [1.54, 1.807) is 17.5 Å². The van der Waals surface area contributed by atoms with Crippen molar-refractivity contribution in [3.63, 3.8) is 0 Å². The minimum absolute atomic E-state index is 0.0132. The lowest BCUT2D eigenvalue weighted by atomic mass is 10.0. The van der Waals surface area contributed by atoms with Crippen LogP contribution in [0.3, 0.4) is 0 Å². The molecule has 0 spiro atoms. The van der Waals surface area contributed by atoms with Crippen LogP contribution in [-0.4, -0.2) is 54.8 Å². The lowest BCUT2D eigenvalue weighted by molar-refractivity contribution is -0.137. The molecule has 1 heterocycles. The molecule has 0 saturated heterocycles. The van der Waals surface area contributed by atoms with E-state index < -0.39 is 53.5 Å². The molecule has 3 atom stereocenters. The molecule has 13 nitrogen and oxygen atoms in total. The number of carbonyl (C=O) groups excluding carboxylic acids is 4.